The van der Waals surface area contributed by atoms with Crippen molar-refractivity contribution >= 4 is 11.4 Å². The maximum absolute atomic E-state index is 10.6. The largest absolute Gasteiger partial charge is 0.385 e. The number of nitrogens with zero attached hydrogens (tertiary/aromatic N) is 1. The molecule has 17 heavy (non-hydrogen) atoms. The van der Waals surface area contributed by atoms with Gasteiger partial charge in [-0.25, -0.2) is 0 Å². The van der Waals surface area contributed by atoms with Crippen molar-refractivity contribution in [3.63, 3.8) is 0 Å². The van der Waals surface area contributed by atoms with Crippen molar-refractivity contribution in [1.29, 1.82) is 0 Å². The van der Waals surface area contributed by atoms with Gasteiger partial charge >= 0.3 is 0 Å². The highest BCUT2D eigenvalue weighted by atomic mass is 16.6. The van der Waals surface area contributed by atoms with Crippen LogP contribution in [0.2, 0.25) is 0 Å². The first kappa shape index (κ1) is 11.9. The summed E-state index contributed by atoms with van der Waals surface area (Å²) >= 11 is 0. The van der Waals surface area contributed by atoms with Gasteiger partial charge in [-0.3, -0.25) is 10.1 Å². The van der Waals surface area contributed by atoms with Gasteiger partial charge in [0.05, 0.1) is 4.92 Å². The lowest BCUT2D eigenvalue weighted by Gasteiger charge is -2.11. The number of non-ortho nitro benzene ring substituents is 1. The van der Waals surface area contributed by atoms with Crippen LogP contribution < -0.4 is 10.6 Å². The molecule has 5 heteroatoms. The second kappa shape index (κ2) is 5.63. The summed E-state index contributed by atoms with van der Waals surface area (Å²) in [5, 5.41) is 17.3. The molecule has 1 atom stereocenters. The van der Waals surface area contributed by atoms with Crippen LogP contribution in [0, 0.1) is 10.1 Å². The Morgan fingerprint density at radius 2 is 2.41 bits per heavy atom. The van der Waals surface area contributed by atoms with Crippen molar-refractivity contribution < 1.29 is 4.92 Å². The van der Waals surface area contributed by atoms with E-state index < -0.39 is 0 Å². The Kier molecular flexibility index (Phi) is 3.93. The van der Waals surface area contributed by atoms with Gasteiger partial charge in [0.1, 0.15) is 0 Å². The summed E-state index contributed by atoms with van der Waals surface area (Å²) in [5.74, 6) is 0. The number of hydrogen-bond acceptors (Lipinski definition) is 4. The van der Waals surface area contributed by atoms with E-state index >= 15 is 0 Å². The van der Waals surface area contributed by atoms with Crippen molar-refractivity contribution in [2.75, 3.05) is 18.4 Å². The summed E-state index contributed by atoms with van der Waals surface area (Å²) in [6, 6.07) is 7.23. The smallest absolute Gasteiger partial charge is 0.271 e. The molecule has 1 aliphatic heterocycles. The van der Waals surface area contributed by atoms with Crippen LogP contribution in [0.1, 0.15) is 19.3 Å². The van der Waals surface area contributed by atoms with Gasteiger partial charge < -0.3 is 10.6 Å². The monoisotopic (exact) mass is 235 g/mol. The number of anilines is 1. The number of nitrogens with one attached hydrogen (secondary N) is 2. The summed E-state index contributed by atoms with van der Waals surface area (Å²) in [7, 11) is 0. The molecule has 0 aromatic heterocycles. The maximum Gasteiger partial charge on any atom is 0.271 e. The Labute approximate surface area is 100 Å². The predicted octanol–water partition coefficient (Wildman–Crippen LogP) is 2.15. The van der Waals surface area contributed by atoms with Crippen LogP contribution in [0.5, 0.6) is 0 Å². The molecule has 1 aromatic carbocycles. The zero-order valence-corrected chi connectivity index (χ0v) is 9.69. The molecular weight excluding hydrogens is 218 g/mol. The molecule has 1 aromatic rings. The second-order valence-corrected chi connectivity index (χ2v) is 4.32. The standard InChI is InChI=1S/C12H17N3O2/c16-15(17)12-5-1-3-11(9-12)14-8-6-10-4-2-7-13-10/h1,3,5,9-10,13-14H,2,4,6-8H2. The van der Waals surface area contributed by atoms with Gasteiger partial charge in [-0.2, -0.15) is 0 Å². The molecule has 92 valence electrons. The number of rotatable bonds is 5. The van der Waals surface area contributed by atoms with Gasteiger partial charge in [-0.1, -0.05) is 6.07 Å². The molecule has 0 radical (unpaired) electrons. The van der Waals surface area contributed by atoms with Gasteiger partial charge in [0.2, 0.25) is 0 Å². The van der Waals surface area contributed by atoms with Crippen LogP contribution in [-0.2, 0) is 0 Å². The number of benzene rings is 1. The quantitative estimate of drug-likeness (QED) is 0.606. The van der Waals surface area contributed by atoms with Crippen molar-refractivity contribution in [3.05, 3.63) is 34.4 Å². The third kappa shape index (κ3) is 3.42. The van der Waals surface area contributed by atoms with Crippen molar-refractivity contribution in [2.45, 2.75) is 25.3 Å². The van der Waals surface area contributed by atoms with Gasteiger partial charge in [0, 0.05) is 30.4 Å². The molecule has 0 bridgehead atoms. The predicted molar refractivity (Wildman–Crippen MR) is 67.2 cm³/mol. The number of nitro benzene ring substituents is 1. The molecule has 0 spiro atoms. The Balaban J connectivity index is 1.81. The van der Waals surface area contributed by atoms with E-state index in [1.54, 1.807) is 12.1 Å². The van der Waals surface area contributed by atoms with E-state index in [4.69, 9.17) is 0 Å². The highest BCUT2D eigenvalue weighted by molar-refractivity contribution is 5.50. The van der Waals surface area contributed by atoms with E-state index in [2.05, 4.69) is 10.6 Å². The molecular formula is C12H17N3O2. The first-order valence-corrected chi connectivity index (χ1v) is 5.97. The zero-order valence-electron chi connectivity index (χ0n) is 9.69. The molecule has 1 fully saturated rings. The first-order valence-electron chi connectivity index (χ1n) is 5.97. The average molecular weight is 235 g/mol. The van der Waals surface area contributed by atoms with Crippen LogP contribution >= 0.6 is 0 Å². The molecule has 0 aliphatic carbocycles. The van der Waals surface area contributed by atoms with E-state index in [0.29, 0.717) is 6.04 Å². The lowest BCUT2D eigenvalue weighted by molar-refractivity contribution is -0.384. The third-order valence-electron chi connectivity index (χ3n) is 3.04. The minimum atomic E-state index is -0.371. The van der Waals surface area contributed by atoms with Gasteiger partial charge in [0.15, 0.2) is 0 Å². The normalized spacial score (nSPS) is 19.2. The van der Waals surface area contributed by atoms with E-state index in [0.717, 1.165) is 25.2 Å². The summed E-state index contributed by atoms with van der Waals surface area (Å²) in [6.45, 7) is 1.96. The molecule has 2 N–H and O–H groups in total. The van der Waals surface area contributed by atoms with E-state index in [1.165, 1.54) is 18.9 Å². The summed E-state index contributed by atoms with van der Waals surface area (Å²) in [4.78, 5) is 10.2. The molecule has 0 amide bonds. The van der Waals surface area contributed by atoms with E-state index in [-0.39, 0.29) is 10.6 Å². The van der Waals surface area contributed by atoms with Crippen LogP contribution in [0.3, 0.4) is 0 Å². The minimum absolute atomic E-state index is 0.133. The maximum atomic E-state index is 10.6. The first-order chi connectivity index (χ1) is 8.25. The summed E-state index contributed by atoms with van der Waals surface area (Å²) < 4.78 is 0. The van der Waals surface area contributed by atoms with Crippen molar-refractivity contribution in [2.24, 2.45) is 0 Å². The highest BCUT2D eigenvalue weighted by Gasteiger charge is 2.13. The van der Waals surface area contributed by atoms with Crippen LogP contribution in [0.4, 0.5) is 11.4 Å². The van der Waals surface area contributed by atoms with Gasteiger partial charge in [0.25, 0.3) is 5.69 Å². The molecule has 1 saturated heterocycles. The van der Waals surface area contributed by atoms with Crippen molar-refractivity contribution in [3.8, 4) is 0 Å². The lowest BCUT2D eigenvalue weighted by Crippen LogP contribution is -2.24. The lowest BCUT2D eigenvalue weighted by atomic mass is 10.1. The fourth-order valence-corrected chi connectivity index (χ4v) is 2.12. The molecule has 0 saturated carbocycles. The molecule has 2 rings (SSSR count). The Hall–Kier alpha value is -1.62. The third-order valence-corrected chi connectivity index (χ3v) is 3.04. The average Bonchev–Trinajstić information content (AvgIpc) is 2.82. The SMILES string of the molecule is O=[N+]([O-])c1cccc(NCCC2CCCN2)c1. The number of hydrogen-bond donors (Lipinski definition) is 2. The van der Waals surface area contributed by atoms with Crippen LogP contribution in [-0.4, -0.2) is 24.1 Å². The summed E-state index contributed by atoms with van der Waals surface area (Å²) in [5.41, 5.74) is 0.950. The number of nitro groups is 1. The van der Waals surface area contributed by atoms with Crippen LogP contribution in [0.25, 0.3) is 0 Å². The molecule has 1 unspecified atom stereocenters. The van der Waals surface area contributed by atoms with E-state index in [1.807, 2.05) is 6.07 Å². The second-order valence-electron chi connectivity index (χ2n) is 4.32. The zero-order chi connectivity index (χ0) is 12.1. The molecule has 5 nitrogen and oxygen atoms in total. The minimum Gasteiger partial charge on any atom is -0.385 e. The van der Waals surface area contributed by atoms with Gasteiger partial charge in [-0.15, -0.1) is 0 Å². The fourth-order valence-electron chi connectivity index (χ4n) is 2.12. The fraction of sp³-hybridized carbons (Fsp3) is 0.500. The Morgan fingerprint density at radius 1 is 1.53 bits per heavy atom. The topological polar surface area (TPSA) is 67.2 Å². The van der Waals surface area contributed by atoms with Crippen LogP contribution in [0.15, 0.2) is 24.3 Å². The van der Waals surface area contributed by atoms with E-state index in [9.17, 15) is 10.1 Å². The Morgan fingerprint density at radius 3 is 3.12 bits per heavy atom. The van der Waals surface area contributed by atoms with Crippen molar-refractivity contribution in [1.82, 2.24) is 5.32 Å². The summed E-state index contributed by atoms with van der Waals surface area (Å²) in [6.07, 6.45) is 3.54. The van der Waals surface area contributed by atoms with Gasteiger partial charge in [-0.05, 0) is 31.9 Å². The molecule has 1 heterocycles. The Bertz CT molecular complexity index is 389. The highest BCUT2D eigenvalue weighted by Crippen LogP contribution is 2.17. The molecule has 1 aliphatic rings.